The Morgan fingerprint density at radius 2 is 2.11 bits per heavy atom. The molecule has 0 radical (unpaired) electrons. The zero-order valence-corrected chi connectivity index (χ0v) is 10.7. The van der Waals surface area contributed by atoms with Gasteiger partial charge in [0.25, 0.3) is 0 Å². The average Bonchev–Trinajstić information content (AvgIpc) is 2.36. The molecule has 1 aliphatic heterocycles. The molecule has 4 heteroatoms. The van der Waals surface area contributed by atoms with E-state index >= 15 is 0 Å². The van der Waals surface area contributed by atoms with Gasteiger partial charge in [0.05, 0.1) is 6.04 Å². The van der Waals surface area contributed by atoms with E-state index in [1.807, 2.05) is 0 Å². The summed E-state index contributed by atoms with van der Waals surface area (Å²) in [4.78, 5) is 13.9. The van der Waals surface area contributed by atoms with Crippen molar-refractivity contribution in [1.82, 2.24) is 10.2 Å². The maximum Gasteiger partial charge on any atom is 0.237 e. The van der Waals surface area contributed by atoms with Crippen LogP contribution in [0.2, 0.25) is 0 Å². The first-order chi connectivity index (χ1) is 8.70. The predicted octanol–water partition coefficient (Wildman–Crippen LogP) is 0.678. The van der Waals surface area contributed by atoms with E-state index in [9.17, 15) is 4.79 Å². The van der Waals surface area contributed by atoms with Crippen molar-refractivity contribution < 1.29 is 9.90 Å². The van der Waals surface area contributed by atoms with Crippen LogP contribution in [-0.4, -0.2) is 41.7 Å². The lowest BCUT2D eigenvalue weighted by Crippen LogP contribution is -2.55. The normalized spacial score (nSPS) is 20.8. The quantitative estimate of drug-likeness (QED) is 0.824. The largest absolute Gasteiger partial charge is 0.396 e. The fraction of sp³-hybridized carbons (Fsp3) is 0.500. The highest BCUT2D eigenvalue weighted by Gasteiger charge is 2.28. The van der Waals surface area contributed by atoms with Gasteiger partial charge in [0.2, 0.25) is 5.91 Å². The second kappa shape index (κ2) is 5.98. The molecule has 0 aromatic heterocycles. The molecule has 1 fully saturated rings. The Morgan fingerprint density at radius 3 is 2.78 bits per heavy atom. The summed E-state index contributed by atoms with van der Waals surface area (Å²) in [5.74, 6) is 0.0300. The smallest absolute Gasteiger partial charge is 0.237 e. The van der Waals surface area contributed by atoms with Crippen molar-refractivity contribution in [2.45, 2.75) is 25.9 Å². The SMILES string of the molecule is Cc1ccc(CN2CCNC(=O)C2CCO)cc1. The van der Waals surface area contributed by atoms with E-state index in [-0.39, 0.29) is 18.6 Å². The van der Waals surface area contributed by atoms with Crippen molar-refractivity contribution >= 4 is 5.91 Å². The van der Waals surface area contributed by atoms with Gasteiger partial charge in [0.1, 0.15) is 0 Å². The average molecular weight is 248 g/mol. The van der Waals surface area contributed by atoms with E-state index in [0.717, 1.165) is 13.1 Å². The Bertz CT molecular complexity index is 403. The molecular weight excluding hydrogens is 228 g/mol. The van der Waals surface area contributed by atoms with Crippen molar-refractivity contribution in [3.05, 3.63) is 35.4 Å². The number of nitrogens with zero attached hydrogens (tertiary/aromatic N) is 1. The third-order valence-corrected chi connectivity index (χ3v) is 3.35. The number of carbonyl (C=O) groups excluding carboxylic acids is 1. The van der Waals surface area contributed by atoms with Crippen molar-refractivity contribution in [1.29, 1.82) is 0 Å². The maximum atomic E-state index is 11.8. The highest BCUT2D eigenvalue weighted by Crippen LogP contribution is 2.14. The summed E-state index contributed by atoms with van der Waals surface area (Å²) in [6.45, 7) is 4.39. The van der Waals surface area contributed by atoms with Crippen molar-refractivity contribution in [2.75, 3.05) is 19.7 Å². The van der Waals surface area contributed by atoms with E-state index in [4.69, 9.17) is 5.11 Å². The molecule has 2 rings (SSSR count). The number of carbonyl (C=O) groups is 1. The lowest BCUT2D eigenvalue weighted by molar-refractivity contribution is -0.129. The van der Waals surface area contributed by atoms with Gasteiger partial charge in [-0.1, -0.05) is 29.8 Å². The Balaban J connectivity index is 2.05. The highest BCUT2D eigenvalue weighted by atomic mass is 16.3. The number of amides is 1. The first-order valence-electron chi connectivity index (χ1n) is 6.39. The van der Waals surface area contributed by atoms with Gasteiger partial charge in [-0.2, -0.15) is 0 Å². The Kier molecular flexibility index (Phi) is 4.33. The molecule has 0 spiro atoms. The first kappa shape index (κ1) is 13.1. The Morgan fingerprint density at radius 1 is 1.39 bits per heavy atom. The fourth-order valence-electron chi connectivity index (χ4n) is 2.32. The van der Waals surface area contributed by atoms with Crippen LogP contribution in [-0.2, 0) is 11.3 Å². The molecule has 0 saturated carbocycles. The molecule has 4 nitrogen and oxygen atoms in total. The van der Waals surface area contributed by atoms with Gasteiger partial charge >= 0.3 is 0 Å². The molecule has 98 valence electrons. The van der Waals surface area contributed by atoms with Crippen molar-refractivity contribution in [3.8, 4) is 0 Å². The van der Waals surface area contributed by atoms with Gasteiger partial charge in [-0.05, 0) is 18.9 Å². The summed E-state index contributed by atoms with van der Waals surface area (Å²) < 4.78 is 0. The number of aliphatic hydroxyl groups is 1. The number of hydrogen-bond donors (Lipinski definition) is 2. The molecule has 1 aromatic carbocycles. The molecule has 1 aromatic rings. The van der Waals surface area contributed by atoms with E-state index in [1.165, 1.54) is 11.1 Å². The highest BCUT2D eigenvalue weighted by molar-refractivity contribution is 5.82. The molecule has 1 atom stereocenters. The Hall–Kier alpha value is -1.39. The molecule has 2 N–H and O–H groups in total. The van der Waals surface area contributed by atoms with Crippen LogP contribution in [0.15, 0.2) is 24.3 Å². The summed E-state index contributed by atoms with van der Waals surface area (Å²) in [6, 6.07) is 8.15. The van der Waals surface area contributed by atoms with Gasteiger partial charge in [0.15, 0.2) is 0 Å². The van der Waals surface area contributed by atoms with Crippen LogP contribution in [0.5, 0.6) is 0 Å². The number of aryl methyl sites for hydroxylation is 1. The summed E-state index contributed by atoms with van der Waals surface area (Å²) in [5, 5.41) is 11.9. The maximum absolute atomic E-state index is 11.8. The third kappa shape index (κ3) is 3.09. The predicted molar refractivity (Wildman–Crippen MR) is 70.1 cm³/mol. The molecule has 0 aliphatic carbocycles. The number of aliphatic hydroxyl groups excluding tert-OH is 1. The van der Waals surface area contributed by atoms with Crippen LogP contribution in [0.3, 0.4) is 0 Å². The summed E-state index contributed by atoms with van der Waals surface area (Å²) in [5.41, 5.74) is 2.44. The van der Waals surface area contributed by atoms with Crippen LogP contribution in [0.1, 0.15) is 17.5 Å². The van der Waals surface area contributed by atoms with Crippen molar-refractivity contribution in [2.24, 2.45) is 0 Å². The van der Waals surface area contributed by atoms with E-state index in [2.05, 4.69) is 41.4 Å². The van der Waals surface area contributed by atoms with Gasteiger partial charge < -0.3 is 10.4 Å². The number of nitrogens with one attached hydrogen (secondary N) is 1. The standard InChI is InChI=1S/C14H20N2O2/c1-11-2-4-12(5-3-11)10-16-8-7-15-14(18)13(16)6-9-17/h2-5,13,17H,6-10H2,1H3,(H,15,18). The summed E-state index contributed by atoms with van der Waals surface area (Å²) in [6.07, 6.45) is 0.498. The molecule has 18 heavy (non-hydrogen) atoms. The lowest BCUT2D eigenvalue weighted by atomic mass is 10.1. The van der Waals surface area contributed by atoms with E-state index in [0.29, 0.717) is 13.0 Å². The molecule has 0 bridgehead atoms. The minimum atomic E-state index is -0.204. The zero-order valence-electron chi connectivity index (χ0n) is 10.7. The zero-order chi connectivity index (χ0) is 13.0. The monoisotopic (exact) mass is 248 g/mol. The molecular formula is C14H20N2O2. The van der Waals surface area contributed by atoms with E-state index < -0.39 is 0 Å². The van der Waals surface area contributed by atoms with Gasteiger partial charge in [-0.25, -0.2) is 0 Å². The van der Waals surface area contributed by atoms with Gasteiger partial charge in [-0.3, -0.25) is 9.69 Å². The number of hydrogen-bond acceptors (Lipinski definition) is 3. The molecule has 1 aliphatic rings. The second-order valence-corrected chi connectivity index (χ2v) is 4.78. The molecule has 1 saturated heterocycles. The number of rotatable bonds is 4. The summed E-state index contributed by atoms with van der Waals surface area (Å²) in [7, 11) is 0. The topological polar surface area (TPSA) is 52.6 Å². The number of piperazine rings is 1. The van der Waals surface area contributed by atoms with Crippen LogP contribution >= 0.6 is 0 Å². The van der Waals surface area contributed by atoms with Crippen LogP contribution in [0.4, 0.5) is 0 Å². The molecule has 1 heterocycles. The minimum Gasteiger partial charge on any atom is -0.396 e. The summed E-state index contributed by atoms with van der Waals surface area (Å²) >= 11 is 0. The van der Waals surface area contributed by atoms with Crippen LogP contribution in [0, 0.1) is 6.92 Å². The second-order valence-electron chi connectivity index (χ2n) is 4.78. The molecule has 1 amide bonds. The lowest BCUT2D eigenvalue weighted by Gasteiger charge is -2.34. The van der Waals surface area contributed by atoms with Gasteiger partial charge in [0, 0.05) is 26.2 Å². The Labute approximate surface area is 108 Å². The van der Waals surface area contributed by atoms with Crippen LogP contribution < -0.4 is 5.32 Å². The first-order valence-corrected chi connectivity index (χ1v) is 6.39. The van der Waals surface area contributed by atoms with Crippen LogP contribution in [0.25, 0.3) is 0 Å². The number of benzene rings is 1. The minimum absolute atomic E-state index is 0.0300. The molecule has 1 unspecified atom stereocenters. The fourth-order valence-corrected chi connectivity index (χ4v) is 2.32. The van der Waals surface area contributed by atoms with Gasteiger partial charge in [-0.15, -0.1) is 0 Å². The van der Waals surface area contributed by atoms with Crippen molar-refractivity contribution in [3.63, 3.8) is 0 Å². The third-order valence-electron chi connectivity index (χ3n) is 3.35. The van der Waals surface area contributed by atoms with E-state index in [1.54, 1.807) is 0 Å².